The van der Waals surface area contributed by atoms with Gasteiger partial charge in [0, 0.05) is 23.9 Å². The summed E-state index contributed by atoms with van der Waals surface area (Å²) in [5.74, 6) is 0. The highest BCUT2D eigenvalue weighted by atomic mass is 35.5. The summed E-state index contributed by atoms with van der Waals surface area (Å²) in [6.07, 6.45) is 3.47. The van der Waals surface area contributed by atoms with Gasteiger partial charge in [0.15, 0.2) is 5.65 Å². The number of aromatic nitrogens is 2. The van der Waals surface area contributed by atoms with Crippen LogP contribution in [0.5, 0.6) is 0 Å². The van der Waals surface area contributed by atoms with E-state index >= 15 is 0 Å². The standard InChI is InChI=1S/C13H8ClN3O2/c14-11-5-2-6-16-12(8-15-13(11)16)9-3-1-4-10(7-9)17(18)19/h1-8H. The molecule has 0 saturated carbocycles. The highest BCUT2D eigenvalue weighted by Crippen LogP contribution is 2.26. The first-order chi connectivity index (χ1) is 9.16. The summed E-state index contributed by atoms with van der Waals surface area (Å²) in [5, 5.41) is 11.3. The maximum atomic E-state index is 10.8. The SMILES string of the molecule is O=[N+]([O-])c1cccc(-c2cnc3c(Cl)cccn23)c1. The van der Waals surface area contributed by atoms with Gasteiger partial charge in [0.25, 0.3) is 5.69 Å². The van der Waals surface area contributed by atoms with Gasteiger partial charge in [-0.05, 0) is 12.1 Å². The van der Waals surface area contributed by atoms with E-state index in [-0.39, 0.29) is 5.69 Å². The zero-order valence-corrected chi connectivity index (χ0v) is 10.4. The molecule has 6 heteroatoms. The van der Waals surface area contributed by atoms with Crippen LogP contribution in [-0.2, 0) is 0 Å². The first-order valence-corrected chi connectivity index (χ1v) is 5.91. The molecule has 3 rings (SSSR count). The number of nitro benzene ring substituents is 1. The summed E-state index contributed by atoms with van der Waals surface area (Å²) in [6, 6.07) is 9.98. The maximum absolute atomic E-state index is 10.8. The third kappa shape index (κ3) is 1.94. The van der Waals surface area contributed by atoms with Crippen molar-refractivity contribution in [2.45, 2.75) is 0 Å². The number of nitro groups is 1. The molecule has 5 nitrogen and oxygen atoms in total. The zero-order chi connectivity index (χ0) is 13.4. The smallest absolute Gasteiger partial charge is 0.270 e. The first-order valence-electron chi connectivity index (χ1n) is 5.53. The minimum Gasteiger partial charge on any atom is -0.298 e. The first kappa shape index (κ1) is 11.7. The Balaban J connectivity index is 2.22. The minimum atomic E-state index is -0.417. The molecule has 3 aromatic rings. The molecule has 0 spiro atoms. The summed E-state index contributed by atoms with van der Waals surface area (Å²) in [7, 11) is 0. The van der Waals surface area contributed by atoms with Gasteiger partial charge in [-0.25, -0.2) is 4.98 Å². The van der Waals surface area contributed by atoms with Crippen LogP contribution in [0.1, 0.15) is 0 Å². The Morgan fingerprint density at radius 1 is 1.26 bits per heavy atom. The molecule has 2 aromatic heterocycles. The fourth-order valence-corrected chi connectivity index (χ4v) is 2.18. The quantitative estimate of drug-likeness (QED) is 0.530. The molecule has 0 atom stereocenters. The Bertz CT molecular complexity index is 782. The Labute approximate surface area is 113 Å². The molecule has 0 unspecified atom stereocenters. The van der Waals surface area contributed by atoms with E-state index in [2.05, 4.69) is 4.98 Å². The molecule has 94 valence electrons. The number of imidazole rings is 1. The third-order valence-electron chi connectivity index (χ3n) is 2.84. The highest BCUT2D eigenvalue weighted by molar-refractivity contribution is 6.33. The lowest BCUT2D eigenvalue weighted by molar-refractivity contribution is -0.384. The number of fused-ring (bicyclic) bond motifs is 1. The third-order valence-corrected chi connectivity index (χ3v) is 3.14. The molecule has 0 aliphatic carbocycles. The fourth-order valence-electron chi connectivity index (χ4n) is 1.97. The van der Waals surface area contributed by atoms with Gasteiger partial charge in [-0.2, -0.15) is 0 Å². The van der Waals surface area contributed by atoms with Crippen LogP contribution in [0, 0.1) is 10.1 Å². The predicted octanol–water partition coefficient (Wildman–Crippen LogP) is 3.56. The predicted molar refractivity (Wildman–Crippen MR) is 72.3 cm³/mol. The van der Waals surface area contributed by atoms with Crippen LogP contribution in [0.15, 0.2) is 48.8 Å². The van der Waals surface area contributed by atoms with Gasteiger partial charge in [-0.15, -0.1) is 0 Å². The number of pyridine rings is 1. The second-order valence-corrected chi connectivity index (χ2v) is 4.41. The maximum Gasteiger partial charge on any atom is 0.270 e. The van der Waals surface area contributed by atoms with Crippen LogP contribution < -0.4 is 0 Å². The Kier molecular flexibility index (Phi) is 2.68. The minimum absolute atomic E-state index is 0.0504. The number of non-ortho nitro benzene ring substituents is 1. The van der Waals surface area contributed by atoms with Gasteiger partial charge in [-0.1, -0.05) is 23.7 Å². The Hall–Kier alpha value is -2.40. The Morgan fingerprint density at radius 3 is 2.89 bits per heavy atom. The molecule has 0 fully saturated rings. The molecule has 0 aliphatic heterocycles. The van der Waals surface area contributed by atoms with Gasteiger partial charge < -0.3 is 0 Å². The molecule has 0 saturated heterocycles. The van der Waals surface area contributed by atoms with Gasteiger partial charge in [0.05, 0.1) is 21.8 Å². The van der Waals surface area contributed by atoms with Crippen LogP contribution in [0.3, 0.4) is 0 Å². The van der Waals surface area contributed by atoms with Crippen LogP contribution in [-0.4, -0.2) is 14.3 Å². The van der Waals surface area contributed by atoms with Crippen LogP contribution in [0.2, 0.25) is 5.02 Å². The summed E-state index contributed by atoms with van der Waals surface area (Å²) in [6.45, 7) is 0. The molecule has 0 amide bonds. The van der Waals surface area contributed by atoms with Crippen molar-refractivity contribution in [2.75, 3.05) is 0 Å². The van der Waals surface area contributed by atoms with Crippen molar-refractivity contribution in [3.63, 3.8) is 0 Å². The average Bonchev–Trinajstić information content (AvgIpc) is 2.84. The Morgan fingerprint density at radius 2 is 2.11 bits per heavy atom. The van der Waals surface area contributed by atoms with Gasteiger partial charge >= 0.3 is 0 Å². The number of nitrogens with zero attached hydrogens (tertiary/aromatic N) is 3. The van der Waals surface area contributed by atoms with Gasteiger partial charge in [0.2, 0.25) is 0 Å². The number of hydrogen-bond acceptors (Lipinski definition) is 3. The van der Waals surface area contributed by atoms with Crippen molar-refractivity contribution in [3.8, 4) is 11.3 Å². The van der Waals surface area contributed by atoms with E-state index in [1.807, 2.05) is 6.20 Å². The number of rotatable bonds is 2. The number of halogens is 1. The molecule has 2 heterocycles. The van der Waals surface area contributed by atoms with Crippen molar-refractivity contribution in [1.29, 1.82) is 0 Å². The molecule has 1 aromatic carbocycles. The van der Waals surface area contributed by atoms with E-state index in [0.29, 0.717) is 10.7 Å². The monoisotopic (exact) mass is 273 g/mol. The van der Waals surface area contributed by atoms with Crippen molar-refractivity contribution >= 4 is 22.9 Å². The van der Waals surface area contributed by atoms with E-state index < -0.39 is 4.92 Å². The lowest BCUT2D eigenvalue weighted by Gasteiger charge is -2.02. The van der Waals surface area contributed by atoms with Crippen LogP contribution >= 0.6 is 11.6 Å². The normalized spacial score (nSPS) is 10.8. The van der Waals surface area contributed by atoms with Crippen LogP contribution in [0.4, 0.5) is 5.69 Å². The highest BCUT2D eigenvalue weighted by Gasteiger charge is 2.11. The second-order valence-electron chi connectivity index (χ2n) is 4.00. The molecular weight excluding hydrogens is 266 g/mol. The lowest BCUT2D eigenvalue weighted by Crippen LogP contribution is -1.91. The molecule has 0 aliphatic rings. The van der Waals surface area contributed by atoms with Crippen LogP contribution in [0.25, 0.3) is 16.9 Å². The topological polar surface area (TPSA) is 60.4 Å². The van der Waals surface area contributed by atoms with Crippen molar-refractivity contribution in [2.24, 2.45) is 0 Å². The average molecular weight is 274 g/mol. The van der Waals surface area contributed by atoms with Crippen molar-refractivity contribution < 1.29 is 4.92 Å². The molecular formula is C13H8ClN3O2. The summed E-state index contributed by atoms with van der Waals surface area (Å²) in [5.41, 5.74) is 2.17. The molecule has 0 radical (unpaired) electrons. The number of benzene rings is 1. The lowest BCUT2D eigenvalue weighted by atomic mass is 10.1. The molecule has 0 N–H and O–H groups in total. The van der Waals surface area contributed by atoms with E-state index in [9.17, 15) is 10.1 Å². The molecule has 19 heavy (non-hydrogen) atoms. The van der Waals surface area contributed by atoms with E-state index in [1.54, 1.807) is 34.9 Å². The van der Waals surface area contributed by atoms with Gasteiger partial charge in [0.1, 0.15) is 0 Å². The summed E-state index contributed by atoms with van der Waals surface area (Å²) < 4.78 is 1.81. The van der Waals surface area contributed by atoms with Crippen molar-refractivity contribution in [3.05, 3.63) is 63.9 Å². The van der Waals surface area contributed by atoms with E-state index in [0.717, 1.165) is 11.3 Å². The number of hydrogen-bond donors (Lipinski definition) is 0. The van der Waals surface area contributed by atoms with E-state index in [4.69, 9.17) is 11.6 Å². The fraction of sp³-hybridized carbons (Fsp3) is 0. The second kappa shape index (κ2) is 4.37. The molecule has 0 bridgehead atoms. The largest absolute Gasteiger partial charge is 0.298 e. The summed E-state index contributed by atoms with van der Waals surface area (Å²) in [4.78, 5) is 14.6. The van der Waals surface area contributed by atoms with E-state index in [1.165, 1.54) is 12.1 Å². The summed E-state index contributed by atoms with van der Waals surface area (Å²) >= 11 is 6.05. The van der Waals surface area contributed by atoms with Gasteiger partial charge in [-0.3, -0.25) is 14.5 Å². The van der Waals surface area contributed by atoms with Crippen molar-refractivity contribution in [1.82, 2.24) is 9.38 Å². The zero-order valence-electron chi connectivity index (χ0n) is 9.65.